The zero-order valence-corrected chi connectivity index (χ0v) is 12.3. The zero-order chi connectivity index (χ0) is 14.0. The molecule has 1 aromatic rings. The maximum absolute atomic E-state index is 12.4. The average molecular weight is 300 g/mol. The molecule has 1 N–H and O–H groups in total. The number of nitrogens with one attached hydrogen (secondary N) is 1. The molecular weight excluding hydrogens is 282 g/mol. The lowest BCUT2D eigenvalue weighted by molar-refractivity contribution is -0.385. The van der Waals surface area contributed by atoms with E-state index in [1.54, 1.807) is 17.0 Å². The summed E-state index contributed by atoms with van der Waals surface area (Å²) >= 11 is 0. The first-order chi connectivity index (χ1) is 8.99. The molecule has 0 bridgehead atoms. The summed E-state index contributed by atoms with van der Waals surface area (Å²) in [5.74, 6) is -0.260. The van der Waals surface area contributed by atoms with E-state index in [1.807, 2.05) is 13.8 Å². The molecule has 0 spiro atoms. The molecule has 7 heteroatoms. The van der Waals surface area contributed by atoms with Crippen LogP contribution in [0.25, 0.3) is 0 Å². The van der Waals surface area contributed by atoms with Crippen molar-refractivity contribution in [3.63, 3.8) is 0 Å². The molecular formula is C13H18ClN3O3. The van der Waals surface area contributed by atoms with Gasteiger partial charge in [0, 0.05) is 31.7 Å². The van der Waals surface area contributed by atoms with E-state index in [0.29, 0.717) is 19.6 Å². The van der Waals surface area contributed by atoms with E-state index in [2.05, 4.69) is 5.32 Å². The first-order valence-corrected chi connectivity index (χ1v) is 6.26. The number of nitro benzene ring substituents is 1. The molecule has 2 rings (SSSR count). The molecule has 110 valence electrons. The lowest BCUT2D eigenvalue weighted by Gasteiger charge is -2.31. The Hall–Kier alpha value is -1.66. The largest absolute Gasteiger partial charge is 0.336 e. The molecule has 1 saturated heterocycles. The number of benzene rings is 1. The van der Waals surface area contributed by atoms with Crippen molar-refractivity contribution in [3.8, 4) is 0 Å². The second-order valence-corrected chi connectivity index (χ2v) is 4.88. The van der Waals surface area contributed by atoms with Crippen LogP contribution in [0.15, 0.2) is 18.2 Å². The SMILES string of the molecule is Cc1ccc([N+](=O)[O-])c(C(=O)N2CCNC(C)C2)c1.Cl. The number of halogens is 1. The van der Waals surface area contributed by atoms with Crippen LogP contribution < -0.4 is 5.32 Å². The van der Waals surface area contributed by atoms with Gasteiger partial charge in [-0.3, -0.25) is 14.9 Å². The summed E-state index contributed by atoms with van der Waals surface area (Å²) in [5.41, 5.74) is 0.901. The van der Waals surface area contributed by atoms with Crippen LogP contribution in [0.1, 0.15) is 22.8 Å². The summed E-state index contributed by atoms with van der Waals surface area (Å²) in [6.07, 6.45) is 0. The molecule has 1 unspecified atom stereocenters. The Morgan fingerprint density at radius 2 is 2.20 bits per heavy atom. The van der Waals surface area contributed by atoms with Gasteiger partial charge in [0.05, 0.1) is 4.92 Å². The highest BCUT2D eigenvalue weighted by atomic mass is 35.5. The lowest BCUT2D eigenvalue weighted by atomic mass is 10.1. The molecule has 1 atom stereocenters. The van der Waals surface area contributed by atoms with Gasteiger partial charge in [-0.05, 0) is 25.5 Å². The summed E-state index contributed by atoms with van der Waals surface area (Å²) in [5, 5.41) is 14.2. The predicted octanol–water partition coefficient (Wildman–Crippen LogP) is 1.76. The normalized spacial score (nSPS) is 18.3. The Morgan fingerprint density at radius 3 is 2.80 bits per heavy atom. The summed E-state index contributed by atoms with van der Waals surface area (Å²) in [6, 6.07) is 4.85. The van der Waals surface area contributed by atoms with Crippen LogP contribution in [0.2, 0.25) is 0 Å². The van der Waals surface area contributed by atoms with Crippen molar-refractivity contribution in [2.75, 3.05) is 19.6 Å². The number of aryl methyl sites for hydroxylation is 1. The highest BCUT2D eigenvalue weighted by Crippen LogP contribution is 2.22. The van der Waals surface area contributed by atoms with Gasteiger partial charge in [0.1, 0.15) is 5.56 Å². The Balaban J connectivity index is 0.00000200. The molecule has 1 heterocycles. The number of carbonyl (C=O) groups excluding carboxylic acids is 1. The van der Waals surface area contributed by atoms with Crippen molar-refractivity contribution >= 4 is 24.0 Å². The summed E-state index contributed by atoms with van der Waals surface area (Å²) in [4.78, 5) is 24.6. The third kappa shape index (κ3) is 3.46. The monoisotopic (exact) mass is 299 g/mol. The van der Waals surface area contributed by atoms with Crippen LogP contribution in [-0.4, -0.2) is 41.4 Å². The van der Waals surface area contributed by atoms with Gasteiger partial charge in [-0.25, -0.2) is 0 Å². The highest BCUT2D eigenvalue weighted by Gasteiger charge is 2.27. The Morgan fingerprint density at radius 1 is 1.50 bits per heavy atom. The van der Waals surface area contributed by atoms with Crippen molar-refractivity contribution < 1.29 is 9.72 Å². The maximum atomic E-state index is 12.4. The van der Waals surface area contributed by atoms with Crippen molar-refractivity contribution in [1.82, 2.24) is 10.2 Å². The predicted molar refractivity (Wildman–Crippen MR) is 78.4 cm³/mol. The lowest BCUT2D eigenvalue weighted by Crippen LogP contribution is -2.51. The molecule has 6 nitrogen and oxygen atoms in total. The number of rotatable bonds is 2. The minimum absolute atomic E-state index is 0. The molecule has 1 aliphatic rings. The molecule has 1 amide bonds. The standard InChI is InChI=1S/C13H17N3O3.ClH/c1-9-3-4-12(16(18)19)11(7-9)13(17)15-6-5-14-10(2)8-15;/h3-4,7,10,14H,5-6,8H2,1-2H3;1H. The van der Waals surface area contributed by atoms with Crippen molar-refractivity contribution in [2.45, 2.75) is 19.9 Å². The Bertz CT molecular complexity index is 522. The molecule has 1 fully saturated rings. The summed E-state index contributed by atoms with van der Waals surface area (Å²) in [7, 11) is 0. The quantitative estimate of drug-likeness (QED) is 0.667. The maximum Gasteiger partial charge on any atom is 0.282 e. The van der Waals surface area contributed by atoms with E-state index in [9.17, 15) is 14.9 Å². The molecule has 1 aliphatic heterocycles. The van der Waals surface area contributed by atoms with Gasteiger partial charge in [0.25, 0.3) is 11.6 Å². The zero-order valence-electron chi connectivity index (χ0n) is 11.5. The van der Waals surface area contributed by atoms with Gasteiger partial charge in [0.2, 0.25) is 0 Å². The van der Waals surface area contributed by atoms with Crippen molar-refractivity contribution in [1.29, 1.82) is 0 Å². The van der Waals surface area contributed by atoms with Crippen molar-refractivity contribution in [2.24, 2.45) is 0 Å². The third-order valence-corrected chi connectivity index (χ3v) is 3.24. The van der Waals surface area contributed by atoms with Crippen LogP contribution in [0.4, 0.5) is 5.69 Å². The smallest absolute Gasteiger partial charge is 0.282 e. The number of hydrogen-bond acceptors (Lipinski definition) is 4. The number of nitrogens with zero attached hydrogens (tertiary/aromatic N) is 2. The summed E-state index contributed by atoms with van der Waals surface area (Å²) < 4.78 is 0. The number of hydrogen-bond donors (Lipinski definition) is 1. The first kappa shape index (κ1) is 16.4. The minimum atomic E-state index is -0.502. The van der Waals surface area contributed by atoms with Crippen molar-refractivity contribution in [3.05, 3.63) is 39.4 Å². The summed E-state index contributed by atoms with van der Waals surface area (Å²) in [6.45, 7) is 5.68. The minimum Gasteiger partial charge on any atom is -0.336 e. The van der Waals surface area contributed by atoms with Crippen LogP contribution in [0, 0.1) is 17.0 Å². The van der Waals surface area contributed by atoms with Gasteiger partial charge in [-0.2, -0.15) is 0 Å². The van der Waals surface area contributed by atoms with Gasteiger partial charge in [-0.15, -0.1) is 12.4 Å². The molecule has 1 aromatic carbocycles. The van der Waals surface area contributed by atoms with Crippen LogP contribution in [-0.2, 0) is 0 Å². The first-order valence-electron chi connectivity index (χ1n) is 6.26. The average Bonchev–Trinajstić information content (AvgIpc) is 2.37. The number of amides is 1. The van der Waals surface area contributed by atoms with E-state index in [1.165, 1.54) is 6.07 Å². The fraction of sp³-hybridized carbons (Fsp3) is 0.462. The van der Waals surface area contributed by atoms with E-state index in [-0.39, 0.29) is 35.6 Å². The van der Waals surface area contributed by atoms with E-state index < -0.39 is 4.92 Å². The Kier molecular flexibility index (Phi) is 5.47. The van der Waals surface area contributed by atoms with E-state index >= 15 is 0 Å². The fourth-order valence-corrected chi connectivity index (χ4v) is 2.27. The number of nitro groups is 1. The van der Waals surface area contributed by atoms with E-state index in [0.717, 1.165) is 5.56 Å². The Labute approximate surface area is 123 Å². The van der Waals surface area contributed by atoms with Gasteiger partial charge < -0.3 is 10.2 Å². The second-order valence-electron chi connectivity index (χ2n) is 4.88. The molecule has 0 radical (unpaired) electrons. The molecule has 0 aliphatic carbocycles. The fourth-order valence-electron chi connectivity index (χ4n) is 2.27. The van der Waals surface area contributed by atoms with Gasteiger partial charge in [-0.1, -0.05) is 6.07 Å². The second kappa shape index (κ2) is 6.67. The molecule has 0 aromatic heterocycles. The molecule has 20 heavy (non-hydrogen) atoms. The van der Waals surface area contributed by atoms with Crippen LogP contribution in [0.5, 0.6) is 0 Å². The number of carbonyl (C=O) groups is 1. The topological polar surface area (TPSA) is 75.5 Å². The third-order valence-electron chi connectivity index (χ3n) is 3.24. The van der Waals surface area contributed by atoms with E-state index in [4.69, 9.17) is 0 Å². The van der Waals surface area contributed by atoms with Gasteiger partial charge in [0.15, 0.2) is 0 Å². The van der Waals surface area contributed by atoms with Crippen LogP contribution >= 0.6 is 12.4 Å². The highest BCUT2D eigenvalue weighted by molar-refractivity contribution is 5.98. The number of piperazine rings is 1. The van der Waals surface area contributed by atoms with Gasteiger partial charge >= 0.3 is 0 Å². The molecule has 0 saturated carbocycles. The van der Waals surface area contributed by atoms with Crippen LogP contribution in [0.3, 0.4) is 0 Å².